The van der Waals surface area contributed by atoms with E-state index in [0.717, 1.165) is 6.08 Å². The van der Waals surface area contributed by atoms with Crippen molar-refractivity contribution >= 4 is 29.5 Å². The second-order valence-electron chi connectivity index (χ2n) is 12.7. The van der Waals surface area contributed by atoms with Gasteiger partial charge in [-0.2, -0.15) is 0 Å². The van der Waals surface area contributed by atoms with Crippen LogP contribution in [0.3, 0.4) is 0 Å². The van der Waals surface area contributed by atoms with Gasteiger partial charge in [0, 0.05) is 29.1 Å². The molecular weight excluding hydrogens is 524 g/mol. The monoisotopic (exact) mass is 567 g/mol. The zero-order valence-corrected chi connectivity index (χ0v) is 24.6. The van der Waals surface area contributed by atoms with Gasteiger partial charge >= 0.3 is 5.97 Å². The van der Waals surface area contributed by atoms with Gasteiger partial charge in [0.05, 0.1) is 6.10 Å². The summed E-state index contributed by atoms with van der Waals surface area (Å²) in [5, 5.41) is 10.7. The number of allylic oxidation sites excluding steroid dienone is 4. The maximum absolute atomic E-state index is 17.1. The zero-order chi connectivity index (χ0) is 29.0. The van der Waals surface area contributed by atoms with Crippen molar-refractivity contribution in [2.24, 2.45) is 28.6 Å². The zero-order valence-electron chi connectivity index (χ0n) is 23.7. The van der Waals surface area contributed by atoms with Crippen molar-refractivity contribution in [3.8, 4) is 0 Å². The highest BCUT2D eigenvalue weighted by Gasteiger charge is 2.77. The highest BCUT2D eigenvalue weighted by molar-refractivity contribution is 7.96. The number of halogens is 2. The molecule has 4 fully saturated rings. The van der Waals surface area contributed by atoms with E-state index in [1.165, 1.54) is 51.4 Å². The van der Waals surface area contributed by atoms with Gasteiger partial charge < -0.3 is 14.7 Å². The molecule has 1 N–H and O–H groups in total. The highest BCUT2D eigenvalue weighted by Crippen LogP contribution is 2.71. The number of thiol groups is 1. The van der Waals surface area contributed by atoms with E-state index in [-0.39, 0.29) is 24.8 Å². The molecule has 1 aliphatic heterocycles. The molecule has 3 saturated carbocycles. The molecule has 39 heavy (non-hydrogen) atoms. The number of rotatable bonds is 3. The van der Waals surface area contributed by atoms with Gasteiger partial charge in [-0.1, -0.05) is 33.3 Å². The minimum Gasteiger partial charge on any atom is -0.449 e. The summed E-state index contributed by atoms with van der Waals surface area (Å²) < 4.78 is 38.3. The van der Waals surface area contributed by atoms with Crippen molar-refractivity contribution in [1.82, 2.24) is 4.90 Å². The third-order valence-electron chi connectivity index (χ3n) is 10.6. The second kappa shape index (κ2) is 10.7. The Labute approximate surface area is 236 Å². The maximum atomic E-state index is 17.1. The van der Waals surface area contributed by atoms with Crippen molar-refractivity contribution in [2.45, 2.75) is 96.2 Å². The Hall–Kier alpha value is -1.58. The van der Waals surface area contributed by atoms with Crippen LogP contribution in [-0.2, 0) is 19.1 Å². The summed E-state index contributed by atoms with van der Waals surface area (Å²) in [6.45, 7) is 9.26. The fourth-order valence-electron chi connectivity index (χ4n) is 8.54. The quantitative estimate of drug-likeness (QED) is 0.377. The average molecular weight is 568 g/mol. The van der Waals surface area contributed by atoms with Crippen LogP contribution >= 0.6 is 12.6 Å². The van der Waals surface area contributed by atoms with Gasteiger partial charge in [-0.3, -0.25) is 14.4 Å². The molecule has 1 saturated heterocycles. The minimum absolute atomic E-state index is 0.0476. The molecule has 0 radical (unpaired) electrons. The molecule has 6 nitrogen and oxygen atoms in total. The Kier molecular flexibility index (Phi) is 8.32. The van der Waals surface area contributed by atoms with E-state index < -0.39 is 69.0 Å². The predicted octanol–water partition coefficient (Wildman–Crippen LogP) is 4.80. The number of carbonyl (C=O) groups excluding carboxylic acids is 3. The van der Waals surface area contributed by atoms with Crippen molar-refractivity contribution in [1.29, 1.82) is 0 Å². The second-order valence-corrected chi connectivity index (χ2v) is 13.1. The number of nitrogens with zero attached hydrogens (tertiary/aromatic N) is 1. The number of hydrogen-bond acceptors (Lipinski definition) is 6. The van der Waals surface area contributed by atoms with Gasteiger partial charge in [-0.25, -0.2) is 8.78 Å². The first kappa shape index (κ1) is 30.4. The molecule has 9 heteroatoms. The fraction of sp³-hybridized carbons (Fsp3) is 0.767. The van der Waals surface area contributed by atoms with Crippen LogP contribution in [0.15, 0.2) is 23.8 Å². The van der Waals surface area contributed by atoms with Crippen LogP contribution in [0.2, 0.25) is 0 Å². The SMILES string of the molecule is CCC(=O)O[C@]1(C(=O)S)[C@H](C)C[C@H]2[C@@H]3C[C@H](F)C4=CC(=O)C=C[C@]4(C)[C@@]3(F)[C@@H](O)C[C@@]21C.CN1CCCCC1. The van der Waals surface area contributed by atoms with E-state index in [9.17, 15) is 19.5 Å². The van der Waals surface area contributed by atoms with Gasteiger partial charge in [0.1, 0.15) is 6.17 Å². The number of aliphatic hydroxyl groups excluding tert-OH is 1. The number of likely N-dealkylation sites (tertiary alicyclic amines) is 1. The smallest absolute Gasteiger partial charge is 0.306 e. The van der Waals surface area contributed by atoms with E-state index in [4.69, 9.17) is 4.74 Å². The number of esters is 1. The number of ketones is 1. The summed E-state index contributed by atoms with van der Waals surface area (Å²) in [4.78, 5) is 39.5. The van der Waals surface area contributed by atoms with Gasteiger partial charge in [-0.15, -0.1) is 12.6 Å². The normalized spacial score (nSPS) is 45.2. The number of alkyl halides is 2. The molecule has 218 valence electrons. The Morgan fingerprint density at radius 2 is 1.82 bits per heavy atom. The van der Waals surface area contributed by atoms with Crippen LogP contribution in [0.25, 0.3) is 0 Å². The molecule has 0 bridgehead atoms. The summed E-state index contributed by atoms with van der Waals surface area (Å²) >= 11 is 4.09. The summed E-state index contributed by atoms with van der Waals surface area (Å²) in [6.07, 6.45) is 4.89. The lowest BCUT2D eigenvalue weighted by Crippen LogP contribution is -2.70. The number of aliphatic hydroxyl groups is 1. The molecule has 5 rings (SSSR count). The molecule has 0 unspecified atom stereocenters. The Morgan fingerprint density at radius 1 is 1.18 bits per heavy atom. The molecule has 5 aliphatic rings. The van der Waals surface area contributed by atoms with Gasteiger partial charge in [0.15, 0.2) is 17.1 Å². The van der Waals surface area contributed by atoms with Crippen molar-refractivity contribution in [3.05, 3.63) is 23.8 Å². The molecule has 1 heterocycles. The van der Waals surface area contributed by atoms with Gasteiger partial charge in [0.25, 0.3) is 0 Å². The van der Waals surface area contributed by atoms with Crippen LogP contribution in [0, 0.1) is 28.6 Å². The summed E-state index contributed by atoms with van der Waals surface area (Å²) in [5.74, 6) is -2.94. The van der Waals surface area contributed by atoms with E-state index >= 15 is 8.78 Å². The van der Waals surface area contributed by atoms with Crippen LogP contribution < -0.4 is 0 Å². The van der Waals surface area contributed by atoms with Crippen LogP contribution in [0.5, 0.6) is 0 Å². The molecule has 0 aromatic rings. The Bertz CT molecular complexity index is 1080. The molecule has 0 aromatic heterocycles. The third-order valence-corrected chi connectivity index (χ3v) is 11.0. The Balaban J connectivity index is 0.000000438. The molecule has 9 atom stereocenters. The maximum Gasteiger partial charge on any atom is 0.306 e. The molecular formula is C30H43F2NO5S. The average Bonchev–Trinajstić information content (AvgIpc) is 3.10. The topological polar surface area (TPSA) is 83.9 Å². The molecule has 4 aliphatic carbocycles. The molecule has 0 aromatic carbocycles. The van der Waals surface area contributed by atoms with Crippen LogP contribution in [-0.4, -0.2) is 70.6 Å². The van der Waals surface area contributed by atoms with E-state index in [1.54, 1.807) is 20.8 Å². The lowest BCUT2D eigenvalue weighted by atomic mass is 9.44. The number of hydrogen-bond donors (Lipinski definition) is 2. The Morgan fingerprint density at radius 3 is 2.36 bits per heavy atom. The predicted molar refractivity (Wildman–Crippen MR) is 148 cm³/mol. The third kappa shape index (κ3) is 4.45. The summed E-state index contributed by atoms with van der Waals surface area (Å²) in [6, 6.07) is 0. The van der Waals surface area contributed by atoms with E-state index in [2.05, 4.69) is 24.6 Å². The van der Waals surface area contributed by atoms with Crippen molar-refractivity contribution < 1.29 is 33.0 Å². The van der Waals surface area contributed by atoms with Crippen LogP contribution in [0.1, 0.15) is 72.6 Å². The van der Waals surface area contributed by atoms with Crippen LogP contribution in [0.4, 0.5) is 8.78 Å². The lowest BCUT2D eigenvalue weighted by Gasteiger charge is -2.63. The van der Waals surface area contributed by atoms with E-state index in [0.29, 0.717) is 6.42 Å². The van der Waals surface area contributed by atoms with Gasteiger partial charge in [-0.05, 0) is 82.8 Å². The number of carbonyl (C=O) groups is 3. The first-order valence-electron chi connectivity index (χ1n) is 14.3. The minimum atomic E-state index is -2.24. The first-order chi connectivity index (χ1) is 18.2. The van der Waals surface area contributed by atoms with Crippen molar-refractivity contribution in [3.63, 3.8) is 0 Å². The number of fused-ring (bicyclic) bond motifs is 5. The first-order valence-corrected chi connectivity index (χ1v) is 14.7. The standard InChI is InChI=1S/C24H30F2O5S.C6H13N/c1-5-19(29)31-24(20(30)32)12(2)8-14-15-10-17(25)16-9-13(27)6-7-21(16,3)23(15,26)18(28)11-22(14,24)4;1-7-5-3-2-4-6-7/h6-7,9,12,14-15,17-18,28H,5,8,10-11H2,1-4H3,(H,30,32);2-6H2,1H3/t12-,14+,15+,17+,18+,21+,22+,23+,24+;/m1./s1. The van der Waals surface area contributed by atoms with E-state index in [1.807, 2.05) is 0 Å². The fourth-order valence-corrected chi connectivity index (χ4v) is 9.07. The van der Waals surface area contributed by atoms with Crippen molar-refractivity contribution in [2.75, 3.05) is 20.1 Å². The molecule has 0 amide bonds. The summed E-state index contributed by atoms with van der Waals surface area (Å²) in [5.41, 5.74) is -6.46. The number of ether oxygens (including phenoxy) is 1. The highest BCUT2D eigenvalue weighted by atomic mass is 32.1. The van der Waals surface area contributed by atoms with Gasteiger partial charge in [0.2, 0.25) is 5.12 Å². The molecule has 0 spiro atoms. The number of piperidine rings is 1. The summed E-state index contributed by atoms with van der Waals surface area (Å²) in [7, 11) is 2.19. The largest absolute Gasteiger partial charge is 0.449 e. The lowest BCUT2D eigenvalue weighted by molar-refractivity contribution is -0.228.